The van der Waals surface area contributed by atoms with Crippen LogP contribution in [0.1, 0.15) is 12.5 Å². The molecule has 0 bridgehead atoms. The van der Waals surface area contributed by atoms with Crippen LogP contribution in [0.15, 0.2) is 30.3 Å². The minimum Gasteiger partial charge on any atom is -0.399 e. The number of nitrogens with two attached hydrogens (primary N) is 1. The van der Waals surface area contributed by atoms with Crippen LogP contribution in [-0.2, 0) is 15.6 Å². The van der Waals surface area contributed by atoms with Gasteiger partial charge in [-0.1, -0.05) is 12.1 Å². The maximum atomic E-state index is 11.6. The third-order valence-electron chi connectivity index (χ3n) is 2.21. The van der Waals surface area contributed by atoms with Gasteiger partial charge in [-0.3, -0.25) is 9.00 Å². The molecule has 1 aromatic rings. The molecule has 98 valence electrons. The summed E-state index contributed by atoms with van der Waals surface area (Å²) in [7, 11) is -0.910. The van der Waals surface area contributed by atoms with E-state index in [1.807, 2.05) is 19.1 Å². The van der Waals surface area contributed by atoms with Gasteiger partial charge in [0, 0.05) is 40.6 Å². The van der Waals surface area contributed by atoms with Crippen LogP contribution in [0.4, 0.5) is 5.69 Å². The number of carbonyl (C=O) groups excluding carboxylic acids is 1. The Morgan fingerprint density at radius 2 is 2.28 bits per heavy atom. The number of amides is 1. The summed E-state index contributed by atoms with van der Waals surface area (Å²) in [5.41, 5.74) is 7.16. The SMILES string of the molecule is CC(CS(C)=O)NC(=O)/C=C/c1cccc(N)c1. The van der Waals surface area contributed by atoms with E-state index in [1.165, 1.54) is 6.08 Å². The Kier molecular flexibility index (Phi) is 5.58. The molecule has 5 heteroatoms. The van der Waals surface area contributed by atoms with E-state index in [9.17, 15) is 9.00 Å². The third-order valence-corrected chi connectivity index (χ3v) is 3.18. The lowest BCUT2D eigenvalue weighted by Crippen LogP contribution is -2.35. The summed E-state index contributed by atoms with van der Waals surface area (Å²) in [4.78, 5) is 11.6. The van der Waals surface area contributed by atoms with Gasteiger partial charge in [-0.05, 0) is 30.7 Å². The van der Waals surface area contributed by atoms with Gasteiger partial charge >= 0.3 is 0 Å². The number of benzene rings is 1. The summed E-state index contributed by atoms with van der Waals surface area (Å²) in [6, 6.07) is 7.17. The van der Waals surface area contributed by atoms with E-state index in [4.69, 9.17) is 5.73 Å². The molecular weight excluding hydrogens is 248 g/mol. The summed E-state index contributed by atoms with van der Waals surface area (Å²) in [6.07, 6.45) is 4.76. The van der Waals surface area contributed by atoms with Gasteiger partial charge < -0.3 is 11.1 Å². The zero-order valence-corrected chi connectivity index (χ0v) is 11.4. The smallest absolute Gasteiger partial charge is 0.244 e. The molecule has 4 nitrogen and oxygen atoms in total. The number of nitrogens with one attached hydrogen (secondary N) is 1. The van der Waals surface area contributed by atoms with Gasteiger partial charge in [-0.2, -0.15) is 0 Å². The number of hydrogen-bond donors (Lipinski definition) is 2. The highest BCUT2D eigenvalue weighted by Gasteiger charge is 2.05. The second-order valence-corrected chi connectivity index (χ2v) is 5.63. The Bertz CT molecular complexity index is 472. The molecule has 2 atom stereocenters. The molecular formula is C13H18N2O2S. The Morgan fingerprint density at radius 1 is 1.56 bits per heavy atom. The molecule has 1 rings (SSSR count). The highest BCUT2D eigenvalue weighted by Crippen LogP contribution is 2.07. The number of anilines is 1. The van der Waals surface area contributed by atoms with Crippen molar-refractivity contribution in [1.29, 1.82) is 0 Å². The van der Waals surface area contributed by atoms with Crippen LogP contribution in [0.2, 0.25) is 0 Å². The summed E-state index contributed by atoms with van der Waals surface area (Å²) in [6.45, 7) is 1.83. The zero-order valence-electron chi connectivity index (χ0n) is 10.6. The van der Waals surface area contributed by atoms with Crippen molar-refractivity contribution in [2.75, 3.05) is 17.7 Å². The fraction of sp³-hybridized carbons (Fsp3) is 0.308. The minimum absolute atomic E-state index is 0.103. The molecule has 0 radical (unpaired) electrons. The van der Waals surface area contributed by atoms with E-state index in [0.717, 1.165) is 5.56 Å². The van der Waals surface area contributed by atoms with E-state index in [0.29, 0.717) is 11.4 Å². The first-order valence-corrected chi connectivity index (χ1v) is 7.34. The van der Waals surface area contributed by atoms with Crippen LogP contribution in [0.25, 0.3) is 6.08 Å². The monoisotopic (exact) mass is 266 g/mol. The standard InChI is InChI=1S/C13H18N2O2S/c1-10(9-18(2)17)15-13(16)7-6-11-4-3-5-12(14)8-11/h3-8,10H,9,14H2,1-2H3,(H,15,16)/b7-6+. The minimum atomic E-state index is -0.910. The molecule has 0 fully saturated rings. The van der Waals surface area contributed by atoms with E-state index < -0.39 is 10.8 Å². The Morgan fingerprint density at radius 3 is 2.89 bits per heavy atom. The predicted octanol–water partition coefficient (Wildman–Crippen LogP) is 1.17. The number of rotatable bonds is 5. The van der Waals surface area contributed by atoms with Gasteiger partial charge in [0.15, 0.2) is 0 Å². The fourth-order valence-electron chi connectivity index (χ4n) is 1.52. The Balaban J connectivity index is 2.52. The molecule has 0 heterocycles. The van der Waals surface area contributed by atoms with E-state index in [-0.39, 0.29) is 11.9 Å². The number of hydrogen-bond acceptors (Lipinski definition) is 3. The molecule has 2 unspecified atom stereocenters. The lowest BCUT2D eigenvalue weighted by Gasteiger charge is -2.10. The maximum Gasteiger partial charge on any atom is 0.244 e. The molecule has 0 aliphatic rings. The first kappa shape index (κ1) is 14.4. The maximum absolute atomic E-state index is 11.6. The van der Waals surface area contributed by atoms with Gasteiger partial charge in [0.05, 0.1) is 0 Å². The summed E-state index contributed by atoms with van der Waals surface area (Å²) in [5, 5.41) is 2.75. The Labute approximate surface area is 110 Å². The van der Waals surface area contributed by atoms with Crippen LogP contribution < -0.4 is 11.1 Å². The average Bonchev–Trinajstić information content (AvgIpc) is 2.25. The van der Waals surface area contributed by atoms with Gasteiger partial charge in [0.2, 0.25) is 5.91 Å². The highest BCUT2D eigenvalue weighted by molar-refractivity contribution is 7.84. The molecule has 0 aliphatic carbocycles. The fourth-order valence-corrected chi connectivity index (χ4v) is 2.31. The van der Waals surface area contributed by atoms with E-state index in [2.05, 4.69) is 5.32 Å². The van der Waals surface area contributed by atoms with Crippen molar-refractivity contribution in [3.8, 4) is 0 Å². The van der Waals surface area contributed by atoms with Crippen LogP contribution in [0.5, 0.6) is 0 Å². The first-order valence-electron chi connectivity index (χ1n) is 5.61. The normalized spacial score (nSPS) is 14.3. The molecule has 0 saturated heterocycles. The van der Waals surface area contributed by atoms with Crippen molar-refractivity contribution in [3.63, 3.8) is 0 Å². The molecule has 0 saturated carbocycles. The van der Waals surface area contributed by atoms with E-state index >= 15 is 0 Å². The van der Waals surface area contributed by atoms with Crippen LogP contribution in [0.3, 0.4) is 0 Å². The van der Waals surface area contributed by atoms with E-state index in [1.54, 1.807) is 24.5 Å². The van der Waals surface area contributed by atoms with Crippen LogP contribution >= 0.6 is 0 Å². The van der Waals surface area contributed by atoms with Crippen molar-refractivity contribution in [1.82, 2.24) is 5.32 Å². The topological polar surface area (TPSA) is 72.2 Å². The van der Waals surface area contributed by atoms with Crippen molar-refractivity contribution in [2.24, 2.45) is 0 Å². The summed E-state index contributed by atoms with van der Waals surface area (Å²) in [5.74, 6) is 0.257. The largest absolute Gasteiger partial charge is 0.399 e. The predicted molar refractivity (Wildman–Crippen MR) is 76.4 cm³/mol. The van der Waals surface area contributed by atoms with Crippen molar-refractivity contribution >= 4 is 28.5 Å². The van der Waals surface area contributed by atoms with Crippen molar-refractivity contribution in [2.45, 2.75) is 13.0 Å². The molecule has 0 spiro atoms. The van der Waals surface area contributed by atoms with Gasteiger partial charge in [0.25, 0.3) is 0 Å². The average molecular weight is 266 g/mol. The molecule has 0 aromatic heterocycles. The number of carbonyl (C=O) groups is 1. The van der Waals surface area contributed by atoms with Crippen molar-refractivity contribution in [3.05, 3.63) is 35.9 Å². The highest BCUT2D eigenvalue weighted by atomic mass is 32.2. The van der Waals surface area contributed by atoms with Crippen LogP contribution in [0, 0.1) is 0 Å². The van der Waals surface area contributed by atoms with Crippen molar-refractivity contribution < 1.29 is 9.00 Å². The summed E-state index contributed by atoms with van der Waals surface area (Å²) >= 11 is 0. The lowest BCUT2D eigenvalue weighted by molar-refractivity contribution is -0.116. The lowest BCUT2D eigenvalue weighted by atomic mass is 10.2. The molecule has 0 aliphatic heterocycles. The molecule has 3 N–H and O–H groups in total. The second-order valence-electron chi connectivity index (χ2n) is 4.15. The number of nitrogen functional groups attached to an aromatic ring is 1. The zero-order chi connectivity index (χ0) is 13.5. The molecule has 1 aromatic carbocycles. The summed E-state index contributed by atoms with van der Waals surface area (Å²) < 4.78 is 11.0. The van der Waals surface area contributed by atoms with Gasteiger partial charge in [0.1, 0.15) is 0 Å². The molecule has 18 heavy (non-hydrogen) atoms. The Hall–Kier alpha value is -1.62. The van der Waals surface area contributed by atoms with Crippen LogP contribution in [-0.4, -0.2) is 28.2 Å². The first-order chi connectivity index (χ1) is 8.47. The van der Waals surface area contributed by atoms with Gasteiger partial charge in [-0.25, -0.2) is 0 Å². The van der Waals surface area contributed by atoms with Gasteiger partial charge in [-0.15, -0.1) is 0 Å². The molecule has 1 amide bonds. The quantitative estimate of drug-likeness (QED) is 0.620. The third kappa shape index (κ3) is 5.63. The second kappa shape index (κ2) is 6.96.